The van der Waals surface area contributed by atoms with Crippen molar-refractivity contribution in [1.29, 1.82) is 0 Å². The van der Waals surface area contributed by atoms with E-state index in [1.54, 1.807) is 34.9 Å². The van der Waals surface area contributed by atoms with Crippen LogP contribution in [0, 0.1) is 0 Å². The smallest absolute Gasteiger partial charge is 0.329 e. The molecule has 0 aliphatic heterocycles. The predicted octanol–water partition coefficient (Wildman–Crippen LogP) is 2.62. The standard InChI is InChI=1S/C22H18N4O3/c23-22(21(28)29,18-7-4-12-26-14-24-25-20(18)26)19(13-27)17-10-8-16(9-11-17)15-5-2-1-3-6-15/h1-14,19H,23H2,(H,28,29). The predicted molar refractivity (Wildman–Crippen MR) is 107 cm³/mol. The first-order chi connectivity index (χ1) is 14.1. The van der Waals surface area contributed by atoms with Crippen LogP contribution in [0.4, 0.5) is 0 Å². The molecule has 0 saturated heterocycles. The minimum atomic E-state index is -2.01. The fourth-order valence-electron chi connectivity index (χ4n) is 3.55. The number of carbonyl (C=O) groups is 2. The first-order valence-electron chi connectivity index (χ1n) is 8.97. The van der Waals surface area contributed by atoms with Gasteiger partial charge in [-0.1, -0.05) is 60.7 Å². The van der Waals surface area contributed by atoms with Crippen LogP contribution in [0.5, 0.6) is 0 Å². The van der Waals surface area contributed by atoms with Gasteiger partial charge in [0, 0.05) is 11.8 Å². The second-order valence-corrected chi connectivity index (χ2v) is 6.76. The monoisotopic (exact) mass is 386 g/mol. The Morgan fingerprint density at radius 2 is 1.72 bits per heavy atom. The Labute approximate surface area is 166 Å². The van der Waals surface area contributed by atoms with Crippen LogP contribution in [0.2, 0.25) is 0 Å². The lowest BCUT2D eigenvalue weighted by atomic mass is 9.76. The Morgan fingerprint density at radius 3 is 2.38 bits per heavy atom. The molecule has 2 aromatic carbocycles. The summed E-state index contributed by atoms with van der Waals surface area (Å²) in [7, 11) is 0. The first kappa shape index (κ1) is 18.5. The molecular formula is C22H18N4O3. The molecule has 4 aromatic rings. The minimum absolute atomic E-state index is 0.217. The van der Waals surface area contributed by atoms with E-state index in [1.807, 2.05) is 42.5 Å². The van der Waals surface area contributed by atoms with Crippen LogP contribution in [0.25, 0.3) is 16.8 Å². The number of rotatable bonds is 6. The fraction of sp³-hybridized carbons (Fsp3) is 0.0909. The third-order valence-electron chi connectivity index (χ3n) is 5.13. The van der Waals surface area contributed by atoms with Crippen molar-refractivity contribution in [1.82, 2.24) is 14.6 Å². The zero-order valence-electron chi connectivity index (χ0n) is 15.3. The SMILES string of the molecule is NC(C(=O)O)(c1cccn2cnnc12)C(C=O)c1ccc(-c2ccccc2)cc1. The van der Waals surface area contributed by atoms with Crippen molar-refractivity contribution < 1.29 is 14.7 Å². The number of pyridine rings is 1. The summed E-state index contributed by atoms with van der Waals surface area (Å²) < 4.78 is 1.57. The summed E-state index contributed by atoms with van der Waals surface area (Å²) in [5, 5.41) is 17.8. The first-order valence-corrected chi connectivity index (χ1v) is 8.97. The number of nitrogens with zero attached hydrogens (tertiary/aromatic N) is 3. The van der Waals surface area contributed by atoms with Crippen LogP contribution in [0.1, 0.15) is 17.0 Å². The molecule has 0 fully saturated rings. The summed E-state index contributed by atoms with van der Waals surface area (Å²) in [6, 6.07) is 20.1. The number of carbonyl (C=O) groups excluding carboxylic acids is 1. The third kappa shape index (κ3) is 3.07. The maximum atomic E-state index is 12.3. The van der Waals surface area contributed by atoms with Gasteiger partial charge in [0.25, 0.3) is 0 Å². The average Bonchev–Trinajstić information content (AvgIpc) is 3.24. The molecule has 0 bridgehead atoms. The quantitative estimate of drug-likeness (QED) is 0.493. The fourth-order valence-corrected chi connectivity index (χ4v) is 3.55. The van der Waals surface area contributed by atoms with Gasteiger partial charge in [0.05, 0.1) is 5.92 Å². The molecule has 0 spiro atoms. The lowest BCUT2D eigenvalue weighted by Gasteiger charge is -2.31. The van der Waals surface area contributed by atoms with Gasteiger partial charge in [0.15, 0.2) is 11.2 Å². The van der Waals surface area contributed by atoms with Gasteiger partial charge in [0.2, 0.25) is 0 Å². The van der Waals surface area contributed by atoms with Gasteiger partial charge in [-0.05, 0) is 22.8 Å². The molecule has 2 unspecified atom stereocenters. The minimum Gasteiger partial charge on any atom is -0.480 e. The van der Waals surface area contributed by atoms with Crippen molar-refractivity contribution >= 4 is 17.9 Å². The van der Waals surface area contributed by atoms with Crippen molar-refractivity contribution in [3.8, 4) is 11.1 Å². The maximum Gasteiger partial charge on any atom is 0.329 e. The number of aliphatic carboxylic acids is 1. The highest BCUT2D eigenvalue weighted by atomic mass is 16.4. The van der Waals surface area contributed by atoms with Gasteiger partial charge < -0.3 is 15.6 Å². The molecule has 29 heavy (non-hydrogen) atoms. The van der Waals surface area contributed by atoms with E-state index in [0.29, 0.717) is 17.5 Å². The van der Waals surface area contributed by atoms with Crippen molar-refractivity contribution in [2.24, 2.45) is 5.73 Å². The summed E-state index contributed by atoms with van der Waals surface area (Å²) in [5.41, 5.74) is 7.40. The van der Waals surface area contributed by atoms with Crippen LogP contribution in [-0.2, 0) is 15.1 Å². The van der Waals surface area contributed by atoms with E-state index >= 15 is 0 Å². The molecule has 2 aromatic heterocycles. The summed E-state index contributed by atoms with van der Waals surface area (Å²) in [5.74, 6) is -2.44. The number of carboxylic acid groups (broad SMARTS) is 1. The Kier molecular flexibility index (Phi) is 4.66. The number of hydrogen-bond acceptors (Lipinski definition) is 5. The molecule has 2 heterocycles. The van der Waals surface area contributed by atoms with Crippen LogP contribution < -0.4 is 5.73 Å². The molecular weight excluding hydrogens is 368 g/mol. The van der Waals surface area contributed by atoms with E-state index in [1.165, 1.54) is 6.33 Å². The number of aromatic nitrogens is 3. The summed E-state index contributed by atoms with van der Waals surface area (Å²) in [4.78, 5) is 24.4. The van der Waals surface area contributed by atoms with E-state index in [0.717, 1.165) is 11.1 Å². The van der Waals surface area contributed by atoms with Crippen molar-refractivity contribution in [3.63, 3.8) is 0 Å². The van der Waals surface area contributed by atoms with E-state index in [-0.39, 0.29) is 5.56 Å². The maximum absolute atomic E-state index is 12.3. The molecule has 7 nitrogen and oxygen atoms in total. The zero-order valence-corrected chi connectivity index (χ0v) is 15.3. The lowest BCUT2D eigenvalue weighted by Crippen LogP contribution is -2.51. The van der Waals surface area contributed by atoms with E-state index in [2.05, 4.69) is 10.2 Å². The largest absolute Gasteiger partial charge is 0.480 e. The molecule has 4 rings (SSSR count). The molecule has 2 atom stereocenters. The van der Waals surface area contributed by atoms with Crippen molar-refractivity contribution in [3.05, 3.63) is 90.4 Å². The van der Waals surface area contributed by atoms with Gasteiger partial charge in [-0.15, -0.1) is 10.2 Å². The summed E-state index contributed by atoms with van der Waals surface area (Å²) in [6.45, 7) is 0. The van der Waals surface area contributed by atoms with E-state index < -0.39 is 17.4 Å². The topological polar surface area (TPSA) is 111 Å². The van der Waals surface area contributed by atoms with Gasteiger partial charge in [-0.25, -0.2) is 4.79 Å². The molecule has 0 aliphatic carbocycles. The van der Waals surface area contributed by atoms with Crippen LogP contribution in [0.15, 0.2) is 79.3 Å². The summed E-state index contributed by atoms with van der Waals surface area (Å²) >= 11 is 0. The van der Waals surface area contributed by atoms with Gasteiger partial charge in [0.1, 0.15) is 12.6 Å². The number of fused-ring (bicyclic) bond motifs is 1. The van der Waals surface area contributed by atoms with Crippen LogP contribution in [-0.4, -0.2) is 32.0 Å². The Hall–Kier alpha value is -3.84. The van der Waals surface area contributed by atoms with Gasteiger partial charge in [-0.2, -0.15) is 0 Å². The second-order valence-electron chi connectivity index (χ2n) is 6.76. The zero-order chi connectivity index (χ0) is 20.4. The molecule has 0 radical (unpaired) electrons. The second kappa shape index (κ2) is 7.29. The Bertz CT molecular complexity index is 1170. The Balaban J connectivity index is 1.81. The molecule has 0 aliphatic rings. The summed E-state index contributed by atoms with van der Waals surface area (Å²) in [6.07, 6.45) is 3.71. The van der Waals surface area contributed by atoms with Crippen LogP contribution >= 0.6 is 0 Å². The van der Waals surface area contributed by atoms with Gasteiger partial charge in [-0.3, -0.25) is 4.40 Å². The third-order valence-corrected chi connectivity index (χ3v) is 5.13. The number of nitrogens with two attached hydrogens (primary N) is 1. The number of aldehydes is 1. The molecule has 0 amide bonds. The average molecular weight is 386 g/mol. The molecule has 7 heteroatoms. The van der Waals surface area contributed by atoms with Crippen LogP contribution in [0.3, 0.4) is 0 Å². The van der Waals surface area contributed by atoms with Crippen molar-refractivity contribution in [2.45, 2.75) is 11.5 Å². The van der Waals surface area contributed by atoms with E-state index in [9.17, 15) is 14.7 Å². The lowest BCUT2D eigenvalue weighted by molar-refractivity contribution is -0.145. The highest BCUT2D eigenvalue weighted by Crippen LogP contribution is 2.36. The van der Waals surface area contributed by atoms with E-state index in [4.69, 9.17) is 5.73 Å². The molecule has 0 saturated carbocycles. The number of benzene rings is 2. The molecule has 3 N–H and O–H groups in total. The highest BCUT2D eigenvalue weighted by Gasteiger charge is 2.46. The van der Waals surface area contributed by atoms with Gasteiger partial charge >= 0.3 is 5.97 Å². The molecule has 144 valence electrons. The number of hydrogen-bond donors (Lipinski definition) is 2. The number of carboxylic acids is 1. The normalized spacial score (nSPS) is 14.2. The van der Waals surface area contributed by atoms with Crippen molar-refractivity contribution in [2.75, 3.05) is 0 Å². The highest BCUT2D eigenvalue weighted by molar-refractivity contribution is 5.89. The Morgan fingerprint density at radius 1 is 1.03 bits per heavy atom.